The van der Waals surface area contributed by atoms with Gasteiger partial charge in [0.2, 0.25) is 0 Å². The van der Waals surface area contributed by atoms with E-state index < -0.39 is 0 Å². The molecule has 0 bridgehead atoms. The fourth-order valence-electron chi connectivity index (χ4n) is 1.32. The van der Waals surface area contributed by atoms with E-state index >= 15 is 0 Å². The molecule has 6 nitrogen and oxygen atoms in total. The van der Waals surface area contributed by atoms with Gasteiger partial charge < -0.3 is 5.32 Å². The van der Waals surface area contributed by atoms with Gasteiger partial charge in [-0.2, -0.15) is 5.10 Å². The van der Waals surface area contributed by atoms with Crippen molar-refractivity contribution in [2.24, 2.45) is 0 Å². The highest BCUT2D eigenvalue weighted by Gasteiger charge is 2.14. The maximum Gasteiger partial charge on any atom is 0.253 e. The minimum Gasteiger partial charge on any atom is -0.342 e. The van der Waals surface area contributed by atoms with Gasteiger partial charge in [0.05, 0.1) is 16.6 Å². The van der Waals surface area contributed by atoms with Crippen LogP contribution in [0.25, 0.3) is 0 Å². The van der Waals surface area contributed by atoms with Gasteiger partial charge in [-0.05, 0) is 13.0 Å². The Balaban J connectivity index is 2.10. The third-order valence-corrected chi connectivity index (χ3v) is 2.94. The van der Waals surface area contributed by atoms with E-state index in [4.69, 9.17) is 23.2 Å². The highest BCUT2D eigenvalue weighted by Crippen LogP contribution is 2.20. The minimum atomic E-state index is -0.315. The normalized spacial score (nSPS) is 12.2. The van der Waals surface area contributed by atoms with Crippen molar-refractivity contribution in [3.63, 3.8) is 0 Å². The van der Waals surface area contributed by atoms with Crippen LogP contribution in [0.3, 0.4) is 0 Å². The van der Waals surface area contributed by atoms with Crippen LogP contribution in [0.1, 0.15) is 29.1 Å². The van der Waals surface area contributed by atoms with Crippen LogP contribution in [0, 0.1) is 0 Å². The van der Waals surface area contributed by atoms with Crippen molar-refractivity contribution in [2.45, 2.75) is 13.0 Å². The van der Waals surface area contributed by atoms with E-state index in [2.05, 4.69) is 25.5 Å². The molecule has 2 aromatic heterocycles. The molecule has 18 heavy (non-hydrogen) atoms. The Labute approximate surface area is 113 Å². The summed E-state index contributed by atoms with van der Waals surface area (Å²) in [6.45, 7) is 1.78. The van der Waals surface area contributed by atoms with Crippen LogP contribution >= 0.6 is 23.2 Å². The lowest BCUT2D eigenvalue weighted by atomic mass is 10.2. The molecule has 0 aliphatic carbocycles. The Morgan fingerprint density at radius 1 is 1.44 bits per heavy atom. The monoisotopic (exact) mass is 285 g/mol. The lowest BCUT2D eigenvalue weighted by molar-refractivity contribution is 0.0938. The van der Waals surface area contributed by atoms with Gasteiger partial charge >= 0.3 is 0 Å². The molecular weight excluding hydrogens is 277 g/mol. The predicted octanol–water partition coefficient (Wildman–Crippen LogP) is 2.00. The quantitative estimate of drug-likeness (QED) is 0.845. The number of hydrogen-bond acceptors (Lipinski definition) is 4. The van der Waals surface area contributed by atoms with E-state index in [-0.39, 0.29) is 22.1 Å². The summed E-state index contributed by atoms with van der Waals surface area (Å²) < 4.78 is 0. The highest BCUT2D eigenvalue weighted by atomic mass is 35.5. The topological polar surface area (TPSA) is 83.6 Å². The van der Waals surface area contributed by atoms with Crippen LogP contribution in [0.2, 0.25) is 10.2 Å². The summed E-state index contributed by atoms with van der Waals surface area (Å²) in [5, 5.41) is 9.51. The van der Waals surface area contributed by atoms with Gasteiger partial charge in [-0.25, -0.2) is 9.97 Å². The van der Waals surface area contributed by atoms with Crippen molar-refractivity contribution < 1.29 is 4.79 Å². The zero-order valence-corrected chi connectivity index (χ0v) is 10.8. The number of nitrogens with one attached hydrogen (secondary N) is 2. The van der Waals surface area contributed by atoms with Crippen molar-refractivity contribution in [3.05, 3.63) is 40.2 Å². The SMILES string of the molecule is CC(NC(=O)c1cnc(Cl)c(Cl)c1)c1ncn[nH]1. The largest absolute Gasteiger partial charge is 0.342 e. The number of aromatic amines is 1. The number of H-pyrrole nitrogens is 1. The Hall–Kier alpha value is -1.66. The van der Waals surface area contributed by atoms with E-state index in [0.717, 1.165) is 0 Å². The average molecular weight is 286 g/mol. The number of rotatable bonds is 3. The van der Waals surface area contributed by atoms with Crippen LogP contribution in [0.4, 0.5) is 0 Å². The van der Waals surface area contributed by atoms with Gasteiger partial charge in [-0.1, -0.05) is 23.2 Å². The number of aromatic nitrogens is 4. The first kappa shape index (κ1) is 12.8. The average Bonchev–Trinajstić information content (AvgIpc) is 2.86. The number of halogens is 2. The Morgan fingerprint density at radius 3 is 2.83 bits per heavy atom. The van der Waals surface area contributed by atoms with Crippen molar-refractivity contribution in [2.75, 3.05) is 0 Å². The van der Waals surface area contributed by atoms with Crippen molar-refractivity contribution in [3.8, 4) is 0 Å². The molecule has 1 unspecified atom stereocenters. The number of nitrogens with zero attached hydrogens (tertiary/aromatic N) is 3. The molecule has 0 spiro atoms. The number of carbonyl (C=O) groups excluding carboxylic acids is 1. The number of pyridine rings is 1. The number of carbonyl (C=O) groups is 1. The number of hydrogen-bond donors (Lipinski definition) is 2. The van der Waals surface area contributed by atoms with Crippen LogP contribution in [0.15, 0.2) is 18.6 Å². The van der Waals surface area contributed by atoms with Crippen molar-refractivity contribution in [1.29, 1.82) is 0 Å². The molecule has 94 valence electrons. The summed E-state index contributed by atoms with van der Waals surface area (Å²) in [5.74, 6) is 0.251. The van der Waals surface area contributed by atoms with Gasteiger partial charge in [-0.15, -0.1) is 0 Å². The molecule has 2 aromatic rings. The molecular formula is C10H9Cl2N5O. The Morgan fingerprint density at radius 2 is 2.22 bits per heavy atom. The minimum absolute atomic E-state index is 0.163. The molecule has 0 aliphatic rings. The zero-order valence-electron chi connectivity index (χ0n) is 9.32. The van der Waals surface area contributed by atoms with E-state index in [1.165, 1.54) is 18.6 Å². The molecule has 0 saturated carbocycles. The third kappa shape index (κ3) is 2.77. The lowest BCUT2D eigenvalue weighted by Crippen LogP contribution is -2.27. The zero-order chi connectivity index (χ0) is 13.1. The van der Waals surface area contributed by atoms with Gasteiger partial charge in [0, 0.05) is 6.20 Å². The van der Waals surface area contributed by atoms with Crippen molar-refractivity contribution >= 4 is 29.1 Å². The molecule has 0 aromatic carbocycles. The Bertz CT molecular complexity index is 557. The molecule has 1 atom stereocenters. The molecule has 1 amide bonds. The predicted molar refractivity (Wildman–Crippen MR) is 66.5 cm³/mol. The first-order valence-electron chi connectivity index (χ1n) is 5.05. The van der Waals surface area contributed by atoms with Crippen LogP contribution in [0.5, 0.6) is 0 Å². The molecule has 2 rings (SSSR count). The standard InChI is InChI=1S/C10H9Cl2N5O/c1-5(9-14-4-15-17-9)16-10(18)6-2-7(11)8(12)13-3-6/h2-5H,1H3,(H,16,18)(H,14,15,17). The van der Waals surface area contributed by atoms with E-state index in [1.807, 2.05) is 0 Å². The molecule has 0 aliphatic heterocycles. The van der Waals surface area contributed by atoms with Gasteiger partial charge in [-0.3, -0.25) is 9.89 Å². The maximum atomic E-state index is 11.9. The third-order valence-electron chi connectivity index (χ3n) is 2.25. The fraction of sp³-hybridized carbons (Fsp3) is 0.200. The summed E-state index contributed by atoms with van der Waals surface area (Å²) in [6, 6.07) is 1.16. The first-order chi connectivity index (χ1) is 8.58. The second kappa shape index (κ2) is 5.32. The number of amides is 1. The van der Waals surface area contributed by atoms with Crippen LogP contribution in [-0.2, 0) is 0 Å². The summed E-state index contributed by atoms with van der Waals surface area (Å²) in [6.07, 6.45) is 2.73. The van der Waals surface area contributed by atoms with Crippen LogP contribution in [-0.4, -0.2) is 26.1 Å². The fourth-order valence-corrected chi connectivity index (χ4v) is 1.59. The summed E-state index contributed by atoms with van der Waals surface area (Å²) in [4.78, 5) is 19.7. The smallest absolute Gasteiger partial charge is 0.253 e. The molecule has 8 heteroatoms. The second-order valence-electron chi connectivity index (χ2n) is 3.56. The summed E-state index contributed by atoms with van der Waals surface area (Å²) in [5.41, 5.74) is 0.329. The van der Waals surface area contributed by atoms with Crippen molar-refractivity contribution in [1.82, 2.24) is 25.5 Å². The molecule has 2 N–H and O–H groups in total. The summed E-state index contributed by atoms with van der Waals surface area (Å²) >= 11 is 11.5. The molecule has 2 heterocycles. The summed E-state index contributed by atoms with van der Waals surface area (Å²) in [7, 11) is 0. The van der Waals surface area contributed by atoms with E-state index in [0.29, 0.717) is 11.4 Å². The Kier molecular flexibility index (Phi) is 3.78. The second-order valence-corrected chi connectivity index (χ2v) is 4.33. The lowest BCUT2D eigenvalue weighted by Gasteiger charge is -2.11. The van der Waals surface area contributed by atoms with Gasteiger partial charge in [0.15, 0.2) is 0 Å². The highest BCUT2D eigenvalue weighted by molar-refractivity contribution is 6.41. The van der Waals surface area contributed by atoms with E-state index in [9.17, 15) is 4.79 Å². The molecule has 0 saturated heterocycles. The van der Waals surface area contributed by atoms with E-state index in [1.54, 1.807) is 6.92 Å². The van der Waals surface area contributed by atoms with Gasteiger partial charge in [0.25, 0.3) is 5.91 Å². The first-order valence-corrected chi connectivity index (χ1v) is 5.80. The molecule has 0 fully saturated rings. The van der Waals surface area contributed by atoms with Crippen LogP contribution < -0.4 is 5.32 Å². The molecule has 0 radical (unpaired) electrons. The maximum absolute atomic E-state index is 11.9. The van der Waals surface area contributed by atoms with Gasteiger partial charge in [0.1, 0.15) is 17.3 Å².